The number of carbonyl (C=O) groups is 1. The monoisotopic (exact) mass is 283 g/mol. The first-order valence-electron chi connectivity index (χ1n) is 6.50. The zero-order valence-corrected chi connectivity index (χ0v) is 11.9. The van der Waals surface area contributed by atoms with Crippen molar-refractivity contribution in [3.8, 4) is 0 Å². The van der Waals surface area contributed by atoms with Gasteiger partial charge in [-0.2, -0.15) is 0 Å². The van der Waals surface area contributed by atoms with Gasteiger partial charge in [-0.15, -0.1) is 0 Å². The van der Waals surface area contributed by atoms with E-state index in [-0.39, 0.29) is 18.1 Å². The van der Waals surface area contributed by atoms with Crippen LogP contribution in [0.2, 0.25) is 0 Å². The number of nitrogens with two attached hydrogens (primary N) is 1. The fourth-order valence-electron chi connectivity index (χ4n) is 2.60. The minimum Gasteiger partial charge on any atom is -0.351 e. The quantitative estimate of drug-likeness (QED) is 0.894. The lowest BCUT2D eigenvalue weighted by Crippen LogP contribution is -2.62. The normalized spacial score (nSPS) is 18.6. The molecule has 110 valence electrons. The molecule has 1 fully saturated rings. The molecule has 0 unspecified atom stereocenters. The lowest BCUT2D eigenvalue weighted by molar-refractivity contribution is -0.136. The van der Waals surface area contributed by atoms with Gasteiger partial charge in [0.15, 0.2) is 0 Å². The Morgan fingerprint density at radius 1 is 1.25 bits per heavy atom. The third-order valence-corrected chi connectivity index (χ3v) is 3.79. The van der Waals surface area contributed by atoms with Crippen LogP contribution in [0.25, 0.3) is 0 Å². The summed E-state index contributed by atoms with van der Waals surface area (Å²) in [6.45, 7) is 4.21. The van der Waals surface area contributed by atoms with E-state index in [2.05, 4.69) is 0 Å². The number of hydrogen-bond donors (Lipinski definition) is 1. The smallest absolute Gasteiger partial charge is 0.247 e. The Balaban J connectivity index is 2.49. The van der Waals surface area contributed by atoms with Gasteiger partial charge in [-0.25, -0.2) is 8.78 Å². The number of piperazine rings is 1. The van der Waals surface area contributed by atoms with Crippen LogP contribution in [-0.2, 0) is 11.3 Å². The molecule has 1 aliphatic rings. The van der Waals surface area contributed by atoms with Gasteiger partial charge in [-0.3, -0.25) is 4.79 Å². The predicted molar refractivity (Wildman–Crippen MR) is 73.3 cm³/mol. The van der Waals surface area contributed by atoms with Crippen molar-refractivity contribution in [2.75, 3.05) is 25.0 Å². The molecule has 0 atom stereocenters. The second-order valence-corrected chi connectivity index (χ2v) is 5.55. The first-order chi connectivity index (χ1) is 9.28. The summed E-state index contributed by atoms with van der Waals surface area (Å²) in [7, 11) is 1.69. The van der Waals surface area contributed by atoms with Gasteiger partial charge < -0.3 is 15.5 Å². The second-order valence-electron chi connectivity index (χ2n) is 5.55. The predicted octanol–water partition coefficient (Wildman–Crippen LogP) is 1.48. The van der Waals surface area contributed by atoms with Crippen molar-refractivity contribution in [3.05, 3.63) is 29.3 Å². The summed E-state index contributed by atoms with van der Waals surface area (Å²) >= 11 is 0. The molecule has 1 aromatic carbocycles. The van der Waals surface area contributed by atoms with Crippen molar-refractivity contribution in [3.63, 3.8) is 0 Å². The molecule has 1 aromatic rings. The topological polar surface area (TPSA) is 49.6 Å². The highest BCUT2D eigenvalue weighted by Gasteiger charge is 2.42. The van der Waals surface area contributed by atoms with Gasteiger partial charge in [0.1, 0.15) is 22.9 Å². The molecular formula is C14H19F2N3O. The van der Waals surface area contributed by atoms with Gasteiger partial charge >= 0.3 is 0 Å². The number of halogens is 2. The van der Waals surface area contributed by atoms with Gasteiger partial charge in [0.2, 0.25) is 5.91 Å². The summed E-state index contributed by atoms with van der Waals surface area (Å²) in [5.41, 5.74) is 4.65. The van der Waals surface area contributed by atoms with Crippen LogP contribution in [-0.4, -0.2) is 36.5 Å². The number of carbonyl (C=O) groups excluding carboxylic acids is 1. The van der Waals surface area contributed by atoms with E-state index in [1.54, 1.807) is 25.8 Å². The molecule has 20 heavy (non-hydrogen) atoms. The fraction of sp³-hybridized carbons (Fsp3) is 0.500. The summed E-state index contributed by atoms with van der Waals surface area (Å²) in [4.78, 5) is 15.3. The van der Waals surface area contributed by atoms with Crippen molar-refractivity contribution in [2.45, 2.75) is 25.9 Å². The van der Waals surface area contributed by atoms with Crippen molar-refractivity contribution in [1.82, 2.24) is 4.90 Å². The molecule has 2 rings (SSSR count). The molecule has 0 radical (unpaired) electrons. The first-order valence-corrected chi connectivity index (χ1v) is 6.50. The summed E-state index contributed by atoms with van der Waals surface area (Å²) in [6, 6.07) is 2.44. The van der Waals surface area contributed by atoms with E-state index in [0.717, 1.165) is 0 Å². The number of hydrogen-bond acceptors (Lipinski definition) is 3. The molecule has 1 saturated heterocycles. The zero-order valence-electron chi connectivity index (χ0n) is 11.9. The number of nitrogens with zero attached hydrogens (tertiary/aromatic N) is 2. The molecule has 2 N–H and O–H groups in total. The van der Waals surface area contributed by atoms with Crippen LogP contribution in [0.15, 0.2) is 12.1 Å². The number of anilines is 1. The Bertz CT molecular complexity index is 522. The summed E-state index contributed by atoms with van der Waals surface area (Å²) < 4.78 is 28.4. The Morgan fingerprint density at radius 3 is 2.30 bits per heavy atom. The lowest BCUT2D eigenvalue weighted by atomic mass is 9.96. The molecule has 0 aromatic heterocycles. The molecule has 0 spiro atoms. The minimum absolute atomic E-state index is 0.0686. The van der Waals surface area contributed by atoms with E-state index in [1.807, 2.05) is 0 Å². The second kappa shape index (κ2) is 5.01. The molecular weight excluding hydrogens is 264 g/mol. The molecule has 0 saturated carbocycles. The first kappa shape index (κ1) is 14.7. The van der Waals surface area contributed by atoms with Crippen LogP contribution < -0.4 is 10.6 Å². The Labute approximate surface area is 117 Å². The van der Waals surface area contributed by atoms with Gasteiger partial charge in [0, 0.05) is 26.7 Å². The van der Waals surface area contributed by atoms with Crippen LogP contribution in [0.1, 0.15) is 19.4 Å². The van der Waals surface area contributed by atoms with Crippen molar-refractivity contribution >= 4 is 11.6 Å². The van der Waals surface area contributed by atoms with Gasteiger partial charge in [0.05, 0.1) is 0 Å². The van der Waals surface area contributed by atoms with E-state index < -0.39 is 17.2 Å². The van der Waals surface area contributed by atoms with E-state index in [4.69, 9.17) is 5.73 Å². The Kier molecular flexibility index (Phi) is 3.69. The molecule has 0 aliphatic carbocycles. The van der Waals surface area contributed by atoms with Crippen LogP contribution >= 0.6 is 0 Å². The SMILES string of the molecule is CN1CCN(c2c(F)cc(CN)cc2F)C(C)(C)C1=O. The number of amides is 1. The third kappa shape index (κ3) is 2.24. The van der Waals surface area contributed by atoms with Crippen molar-refractivity contribution in [2.24, 2.45) is 5.73 Å². The molecule has 6 heteroatoms. The highest BCUT2D eigenvalue weighted by molar-refractivity contribution is 5.90. The van der Waals surface area contributed by atoms with Gasteiger partial charge in [0.25, 0.3) is 0 Å². The molecule has 0 bridgehead atoms. The van der Waals surface area contributed by atoms with Crippen LogP contribution in [0.5, 0.6) is 0 Å². The van der Waals surface area contributed by atoms with Crippen LogP contribution in [0, 0.1) is 11.6 Å². The average Bonchev–Trinajstić information content (AvgIpc) is 2.38. The molecule has 1 amide bonds. The summed E-state index contributed by atoms with van der Waals surface area (Å²) in [6.07, 6.45) is 0. The summed E-state index contributed by atoms with van der Waals surface area (Å²) in [5.74, 6) is -1.53. The van der Waals surface area contributed by atoms with E-state index >= 15 is 0 Å². The highest BCUT2D eigenvalue weighted by Crippen LogP contribution is 2.33. The standard InChI is InChI=1S/C14H19F2N3O/c1-14(2)13(20)18(3)4-5-19(14)12-10(15)6-9(8-17)7-11(12)16/h6-7H,4-5,8,17H2,1-3H3. The van der Waals surface area contributed by atoms with Gasteiger partial charge in [-0.1, -0.05) is 0 Å². The van der Waals surface area contributed by atoms with E-state index in [0.29, 0.717) is 18.7 Å². The Hall–Kier alpha value is -1.69. The number of benzene rings is 1. The van der Waals surface area contributed by atoms with Crippen molar-refractivity contribution < 1.29 is 13.6 Å². The minimum atomic E-state index is -0.987. The summed E-state index contributed by atoms with van der Waals surface area (Å²) in [5, 5.41) is 0. The van der Waals surface area contributed by atoms with Crippen LogP contribution in [0.3, 0.4) is 0 Å². The van der Waals surface area contributed by atoms with Gasteiger partial charge in [-0.05, 0) is 31.5 Å². The maximum atomic E-state index is 14.2. The molecule has 1 heterocycles. The number of likely N-dealkylation sites (N-methyl/N-ethyl adjacent to an activating group) is 1. The zero-order chi connectivity index (χ0) is 15.1. The average molecular weight is 283 g/mol. The molecule has 1 aliphatic heterocycles. The van der Waals surface area contributed by atoms with E-state index in [1.165, 1.54) is 17.0 Å². The maximum absolute atomic E-state index is 14.2. The lowest BCUT2D eigenvalue weighted by Gasteiger charge is -2.46. The van der Waals surface area contributed by atoms with E-state index in [9.17, 15) is 13.6 Å². The molecule has 4 nitrogen and oxygen atoms in total. The third-order valence-electron chi connectivity index (χ3n) is 3.79. The Morgan fingerprint density at radius 2 is 1.80 bits per heavy atom. The van der Waals surface area contributed by atoms with Crippen LogP contribution in [0.4, 0.5) is 14.5 Å². The fourth-order valence-corrected chi connectivity index (χ4v) is 2.60. The number of rotatable bonds is 2. The highest BCUT2D eigenvalue weighted by atomic mass is 19.1. The maximum Gasteiger partial charge on any atom is 0.247 e. The van der Waals surface area contributed by atoms with Crippen molar-refractivity contribution in [1.29, 1.82) is 0 Å². The largest absolute Gasteiger partial charge is 0.351 e.